The molecule has 0 unspecified atom stereocenters. The van der Waals surface area contributed by atoms with Gasteiger partial charge in [0, 0.05) is 17.1 Å². The Bertz CT molecular complexity index is 302. The Balaban J connectivity index is 2.54. The second kappa shape index (κ2) is 4.97. The van der Waals surface area contributed by atoms with Crippen LogP contribution in [0.5, 0.6) is 0 Å². The van der Waals surface area contributed by atoms with E-state index in [2.05, 4.69) is 26.1 Å². The van der Waals surface area contributed by atoms with Crippen molar-refractivity contribution in [3.05, 3.63) is 34.9 Å². The van der Waals surface area contributed by atoms with Crippen molar-refractivity contribution in [2.45, 2.75) is 32.4 Å². The van der Waals surface area contributed by atoms with Gasteiger partial charge in [-0.2, -0.15) is 0 Å². The van der Waals surface area contributed by atoms with Crippen LogP contribution in [0, 0.1) is 0 Å². The summed E-state index contributed by atoms with van der Waals surface area (Å²) in [7, 11) is 0. The lowest BCUT2D eigenvalue weighted by Crippen LogP contribution is -2.38. The van der Waals surface area contributed by atoms with Crippen LogP contribution in [-0.4, -0.2) is 17.2 Å². The second-order valence-electron chi connectivity index (χ2n) is 4.70. The third kappa shape index (κ3) is 4.65. The predicted molar refractivity (Wildman–Crippen MR) is 64.2 cm³/mol. The van der Waals surface area contributed by atoms with Crippen LogP contribution in [0.1, 0.15) is 32.4 Å². The summed E-state index contributed by atoms with van der Waals surface area (Å²) >= 11 is 5.77. The van der Waals surface area contributed by atoms with Crippen LogP contribution in [0.4, 0.5) is 0 Å². The molecule has 0 aliphatic heterocycles. The largest absolute Gasteiger partial charge is 0.387 e. The molecule has 0 radical (unpaired) electrons. The molecule has 0 heterocycles. The zero-order valence-electron chi connectivity index (χ0n) is 9.42. The summed E-state index contributed by atoms with van der Waals surface area (Å²) in [5.41, 5.74) is 0.907. The molecule has 1 aromatic carbocycles. The molecule has 0 bridgehead atoms. The minimum Gasteiger partial charge on any atom is -0.387 e. The molecule has 2 N–H and O–H groups in total. The molecule has 0 aliphatic rings. The molecule has 0 saturated heterocycles. The van der Waals surface area contributed by atoms with Gasteiger partial charge in [-0.1, -0.05) is 23.7 Å². The average Bonchev–Trinajstić information content (AvgIpc) is 2.14. The normalized spacial score (nSPS) is 13.9. The summed E-state index contributed by atoms with van der Waals surface area (Å²) in [6, 6.07) is 7.27. The summed E-state index contributed by atoms with van der Waals surface area (Å²) in [6.45, 7) is 6.76. The van der Waals surface area contributed by atoms with Gasteiger partial charge in [-0.05, 0) is 38.5 Å². The van der Waals surface area contributed by atoms with Crippen LogP contribution in [-0.2, 0) is 0 Å². The number of rotatable bonds is 3. The summed E-state index contributed by atoms with van der Waals surface area (Å²) < 4.78 is 0. The number of aliphatic hydroxyl groups is 1. The molecule has 1 aromatic rings. The lowest BCUT2D eigenvalue weighted by molar-refractivity contribution is 0.163. The Morgan fingerprint density at radius 3 is 2.27 bits per heavy atom. The van der Waals surface area contributed by atoms with Gasteiger partial charge in [-0.25, -0.2) is 0 Å². The minimum atomic E-state index is -0.485. The van der Waals surface area contributed by atoms with Crippen molar-refractivity contribution in [1.29, 1.82) is 0 Å². The molecule has 0 aromatic heterocycles. The second-order valence-corrected chi connectivity index (χ2v) is 5.13. The zero-order valence-corrected chi connectivity index (χ0v) is 10.2. The predicted octanol–water partition coefficient (Wildman–Crippen LogP) is 2.76. The molecule has 0 saturated carbocycles. The number of β-amino-alcohol motifs (C(OH)–C–C–N with tert-alkyl or cyclic N) is 1. The van der Waals surface area contributed by atoms with Gasteiger partial charge in [-0.3, -0.25) is 0 Å². The SMILES string of the molecule is CC(C)(C)NC[C@@H](O)c1ccc(Cl)cc1. The van der Waals surface area contributed by atoms with Crippen molar-refractivity contribution in [3.8, 4) is 0 Å². The highest BCUT2D eigenvalue weighted by Gasteiger charge is 2.13. The number of aliphatic hydroxyl groups excluding tert-OH is 1. The van der Waals surface area contributed by atoms with Gasteiger partial charge in [-0.15, -0.1) is 0 Å². The summed E-state index contributed by atoms with van der Waals surface area (Å²) in [5.74, 6) is 0. The van der Waals surface area contributed by atoms with Gasteiger partial charge in [0.15, 0.2) is 0 Å². The smallest absolute Gasteiger partial charge is 0.0914 e. The monoisotopic (exact) mass is 227 g/mol. The van der Waals surface area contributed by atoms with Gasteiger partial charge in [0.25, 0.3) is 0 Å². The van der Waals surface area contributed by atoms with Crippen LogP contribution in [0.3, 0.4) is 0 Å². The van der Waals surface area contributed by atoms with Gasteiger partial charge >= 0.3 is 0 Å². The van der Waals surface area contributed by atoms with E-state index in [0.717, 1.165) is 5.56 Å². The minimum absolute atomic E-state index is 0.0212. The third-order valence-corrected chi connectivity index (χ3v) is 2.33. The van der Waals surface area contributed by atoms with Crippen LogP contribution < -0.4 is 5.32 Å². The Labute approximate surface area is 96.3 Å². The molecular weight excluding hydrogens is 210 g/mol. The van der Waals surface area contributed by atoms with E-state index in [1.165, 1.54) is 0 Å². The van der Waals surface area contributed by atoms with Crippen molar-refractivity contribution in [1.82, 2.24) is 5.32 Å². The maximum absolute atomic E-state index is 9.87. The fourth-order valence-electron chi connectivity index (χ4n) is 1.21. The first-order valence-corrected chi connectivity index (χ1v) is 5.45. The maximum Gasteiger partial charge on any atom is 0.0914 e. The Kier molecular flexibility index (Phi) is 4.14. The number of hydrogen-bond acceptors (Lipinski definition) is 2. The standard InChI is InChI=1S/C12H18ClNO/c1-12(2,3)14-8-11(15)9-4-6-10(13)7-5-9/h4-7,11,14-15H,8H2,1-3H3/t11-/m1/s1. The highest BCUT2D eigenvalue weighted by atomic mass is 35.5. The van der Waals surface area contributed by atoms with Crippen molar-refractivity contribution < 1.29 is 5.11 Å². The molecule has 1 rings (SSSR count). The lowest BCUT2D eigenvalue weighted by atomic mass is 10.1. The summed E-state index contributed by atoms with van der Waals surface area (Å²) in [4.78, 5) is 0. The number of halogens is 1. The van der Waals surface area contributed by atoms with E-state index in [4.69, 9.17) is 11.6 Å². The number of hydrogen-bond donors (Lipinski definition) is 2. The van der Waals surface area contributed by atoms with Crippen LogP contribution in [0.25, 0.3) is 0 Å². The fourth-order valence-corrected chi connectivity index (χ4v) is 1.33. The summed E-state index contributed by atoms with van der Waals surface area (Å²) in [6.07, 6.45) is -0.485. The van der Waals surface area contributed by atoms with Crippen molar-refractivity contribution in [2.24, 2.45) is 0 Å². The van der Waals surface area contributed by atoms with E-state index >= 15 is 0 Å². The van der Waals surface area contributed by atoms with Gasteiger partial charge in [0.05, 0.1) is 6.10 Å². The number of nitrogens with one attached hydrogen (secondary N) is 1. The van der Waals surface area contributed by atoms with E-state index in [1.54, 1.807) is 12.1 Å². The van der Waals surface area contributed by atoms with E-state index < -0.39 is 6.10 Å². The number of benzene rings is 1. The fraction of sp³-hybridized carbons (Fsp3) is 0.500. The van der Waals surface area contributed by atoms with E-state index in [-0.39, 0.29) is 5.54 Å². The third-order valence-electron chi connectivity index (χ3n) is 2.08. The highest BCUT2D eigenvalue weighted by Crippen LogP contribution is 2.16. The average molecular weight is 228 g/mol. The Morgan fingerprint density at radius 2 is 1.80 bits per heavy atom. The van der Waals surface area contributed by atoms with E-state index in [9.17, 15) is 5.11 Å². The van der Waals surface area contributed by atoms with Crippen LogP contribution in [0.2, 0.25) is 5.02 Å². The van der Waals surface area contributed by atoms with Crippen molar-refractivity contribution >= 4 is 11.6 Å². The van der Waals surface area contributed by atoms with Crippen molar-refractivity contribution in [3.63, 3.8) is 0 Å². The van der Waals surface area contributed by atoms with Crippen LogP contribution in [0.15, 0.2) is 24.3 Å². The molecule has 0 fully saturated rings. The molecule has 84 valence electrons. The maximum atomic E-state index is 9.87. The zero-order chi connectivity index (χ0) is 11.5. The molecule has 0 amide bonds. The van der Waals surface area contributed by atoms with Gasteiger partial charge in [0.2, 0.25) is 0 Å². The Morgan fingerprint density at radius 1 is 1.27 bits per heavy atom. The molecule has 3 heteroatoms. The molecule has 15 heavy (non-hydrogen) atoms. The first-order valence-electron chi connectivity index (χ1n) is 5.07. The first-order chi connectivity index (χ1) is 6.88. The lowest BCUT2D eigenvalue weighted by Gasteiger charge is -2.23. The quantitative estimate of drug-likeness (QED) is 0.833. The molecule has 0 spiro atoms. The molecule has 0 aliphatic carbocycles. The van der Waals surface area contributed by atoms with E-state index in [0.29, 0.717) is 11.6 Å². The van der Waals surface area contributed by atoms with Crippen molar-refractivity contribution in [2.75, 3.05) is 6.54 Å². The van der Waals surface area contributed by atoms with Crippen LogP contribution >= 0.6 is 11.6 Å². The summed E-state index contributed by atoms with van der Waals surface area (Å²) in [5, 5.41) is 13.8. The van der Waals surface area contributed by atoms with Gasteiger partial charge < -0.3 is 10.4 Å². The topological polar surface area (TPSA) is 32.3 Å². The Hall–Kier alpha value is -0.570. The molecule has 2 nitrogen and oxygen atoms in total. The molecular formula is C12H18ClNO. The van der Waals surface area contributed by atoms with E-state index in [1.807, 2.05) is 12.1 Å². The first kappa shape index (κ1) is 12.5. The highest BCUT2D eigenvalue weighted by molar-refractivity contribution is 6.30. The molecule has 1 atom stereocenters. The van der Waals surface area contributed by atoms with Gasteiger partial charge in [0.1, 0.15) is 0 Å².